The van der Waals surface area contributed by atoms with Crippen molar-refractivity contribution < 1.29 is 14.7 Å². The van der Waals surface area contributed by atoms with Gasteiger partial charge in [0.05, 0.1) is 5.56 Å². The Morgan fingerprint density at radius 2 is 1.95 bits per heavy atom. The number of alkyl halides is 1. The number of halogens is 1. The highest BCUT2D eigenvalue weighted by Gasteiger charge is 2.29. The van der Waals surface area contributed by atoms with Crippen molar-refractivity contribution in [2.24, 2.45) is 5.92 Å². The van der Waals surface area contributed by atoms with Crippen LogP contribution in [0.4, 0.5) is 5.69 Å². The highest BCUT2D eigenvalue weighted by atomic mass is 35.5. The zero-order valence-electron chi connectivity index (χ0n) is 11.3. The van der Waals surface area contributed by atoms with Crippen molar-refractivity contribution in [3.05, 3.63) is 42.0 Å². The topological polar surface area (TPSA) is 57.6 Å². The van der Waals surface area contributed by atoms with Crippen LogP contribution in [-0.2, 0) is 4.79 Å². The number of hydrogen-bond donors (Lipinski definition) is 1. The molecule has 0 spiro atoms. The highest BCUT2D eigenvalue weighted by Crippen LogP contribution is 2.29. The Bertz CT molecular complexity index is 729. The molecule has 2 aromatic carbocycles. The molecule has 0 radical (unpaired) electrons. The molecule has 1 aliphatic heterocycles. The lowest BCUT2D eigenvalue weighted by Gasteiger charge is -2.17. The lowest BCUT2D eigenvalue weighted by atomic mass is 10.1. The smallest absolute Gasteiger partial charge is 0.335 e. The fourth-order valence-corrected chi connectivity index (χ4v) is 2.88. The van der Waals surface area contributed by atoms with E-state index in [0.29, 0.717) is 18.8 Å². The number of amides is 1. The number of benzene rings is 2. The van der Waals surface area contributed by atoms with Crippen LogP contribution >= 0.6 is 11.6 Å². The second-order valence-electron chi connectivity index (χ2n) is 5.28. The zero-order chi connectivity index (χ0) is 15.0. The summed E-state index contributed by atoms with van der Waals surface area (Å²) in [6, 6.07) is 10.6. The fraction of sp³-hybridized carbons (Fsp3) is 0.250. The highest BCUT2D eigenvalue weighted by molar-refractivity contribution is 6.18. The number of aromatic carboxylic acids is 1. The van der Waals surface area contributed by atoms with E-state index in [-0.39, 0.29) is 17.4 Å². The maximum absolute atomic E-state index is 12.0. The number of rotatable bonds is 3. The molecule has 1 heterocycles. The summed E-state index contributed by atoms with van der Waals surface area (Å²) < 4.78 is 0. The van der Waals surface area contributed by atoms with Crippen LogP contribution in [0.1, 0.15) is 16.8 Å². The second kappa shape index (κ2) is 5.37. The molecule has 5 heteroatoms. The Hall–Kier alpha value is -2.07. The molecule has 4 nitrogen and oxygen atoms in total. The van der Waals surface area contributed by atoms with Crippen LogP contribution in [0, 0.1) is 5.92 Å². The van der Waals surface area contributed by atoms with Gasteiger partial charge in [0.15, 0.2) is 0 Å². The van der Waals surface area contributed by atoms with Gasteiger partial charge in [-0.2, -0.15) is 0 Å². The molecular weight excluding hydrogens is 290 g/mol. The first kappa shape index (κ1) is 13.9. The SMILES string of the molecule is O=C(O)c1ccc2cc(N3CC(CCl)CC3=O)ccc2c1. The summed E-state index contributed by atoms with van der Waals surface area (Å²) in [5.41, 5.74) is 1.10. The quantitative estimate of drug-likeness (QED) is 0.886. The van der Waals surface area contributed by atoms with Crippen molar-refractivity contribution in [2.45, 2.75) is 6.42 Å². The van der Waals surface area contributed by atoms with Gasteiger partial charge in [-0.25, -0.2) is 4.79 Å². The van der Waals surface area contributed by atoms with Crippen molar-refractivity contribution in [1.82, 2.24) is 0 Å². The van der Waals surface area contributed by atoms with E-state index in [2.05, 4.69) is 0 Å². The lowest BCUT2D eigenvalue weighted by Crippen LogP contribution is -2.24. The molecule has 1 unspecified atom stereocenters. The van der Waals surface area contributed by atoms with Gasteiger partial charge in [-0.15, -0.1) is 11.6 Å². The minimum Gasteiger partial charge on any atom is -0.478 e. The van der Waals surface area contributed by atoms with Gasteiger partial charge in [0, 0.05) is 24.5 Å². The predicted octanol–water partition coefficient (Wildman–Crippen LogP) is 3.13. The van der Waals surface area contributed by atoms with Crippen molar-refractivity contribution in [1.29, 1.82) is 0 Å². The van der Waals surface area contributed by atoms with E-state index >= 15 is 0 Å². The standard InChI is InChI=1S/C16H14ClNO3/c17-8-10-5-15(19)18(9-10)14-4-3-11-6-13(16(20)21)2-1-12(11)7-14/h1-4,6-7,10H,5,8-9H2,(H,20,21). The third-order valence-electron chi connectivity index (χ3n) is 3.81. The van der Waals surface area contributed by atoms with E-state index in [9.17, 15) is 9.59 Å². The van der Waals surface area contributed by atoms with Gasteiger partial charge in [-0.05, 0) is 41.0 Å². The number of carboxylic acids is 1. The van der Waals surface area contributed by atoms with Gasteiger partial charge < -0.3 is 10.0 Å². The number of carboxylic acid groups (broad SMARTS) is 1. The van der Waals surface area contributed by atoms with Crippen molar-refractivity contribution in [3.8, 4) is 0 Å². The molecule has 21 heavy (non-hydrogen) atoms. The van der Waals surface area contributed by atoms with Crippen LogP contribution in [0.25, 0.3) is 10.8 Å². The third-order valence-corrected chi connectivity index (χ3v) is 4.24. The Morgan fingerprint density at radius 1 is 1.24 bits per heavy atom. The lowest BCUT2D eigenvalue weighted by molar-refractivity contribution is -0.117. The molecule has 0 aliphatic carbocycles. The second-order valence-corrected chi connectivity index (χ2v) is 5.59. The molecule has 3 rings (SSSR count). The monoisotopic (exact) mass is 303 g/mol. The molecule has 1 amide bonds. The first-order valence-corrected chi connectivity index (χ1v) is 7.25. The number of fused-ring (bicyclic) bond motifs is 1. The summed E-state index contributed by atoms with van der Waals surface area (Å²) in [5.74, 6) is -0.176. The molecule has 1 aliphatic rings. The molecule has 108 valence electrons. The molecule has 0 aromatic heterocycles. The number of carbonyl (C=O) groups excluding carboxylic acids is 1. The molecule has 2 aromatic rings. The molecule has 1 N–H and O–H groups in total. The number of nitrogens with zero attached hydrogens (tertiary/aromatic N) is 1. The maximum atomic E-state index is 12.0. The van der Waals surface area contributed by atoms with Crippen LogP contribution in [0.3, 0.4) is 0 Å². The number of anilines is 1. The van der Waals surface area contributed by atoms with Gasteiger partial charge in [0.25, 0.3) is 0 Å². The average Bonchev–Trinajstić information content (AvgIpc) is 2.87. The molecule has 1 saturated heterocycles. The summed E-state index contributed by atoms with van der Waals surface area (Å²) in [7, 11) is 0. The summed E-state index contributed by atoms with van der Waals surface area (Å²) >= 11 is 5.83. The minimum atomic E-state index is -0.944. The summed E-state index contributed by atoms with van der Waals surface area (Å²) in [4.78, 5) is 24.7. The van der Waals surface area contributed by atoms with Crippen LogP contribution in [0.2, 0.25) is 0 Å². The van der Waals surface area contributed by atoms with Crippen molar-refractivity contribution in [2.75, 3.05) is 17.3 Å². The normalized spacial score (nSPS) is 18.4. The molecule has 1 atom stereocenters. The van der Waals surface area contributed by atoms with Crippen molar-refractivity contribution in [3.63, 3.8) is 0 Å². The summed E-state index contributed by atoms with van der Waals surface area (Å²) in [6.45, 7) is 0.640. The third kappa shape index (κ3) is 2.59. The fourth-order valence-electron chi connectivity index (χ4n) is 2.67. The number of carbonyl (C=O) groups is 2. The van der Waals surface area contributed by atoms with Gasteiger partial charge in [0.2, 0.25) is 5.91 Å². The minimum absolute atomic E-state index is 0.0853. The van der Waals surface area contributed by atoms with Crippen LogP contribution in [0.5, 0.6) is 0 Å². The van der Waals surface area contributed by atoms with Gasteiger partial charge in [0.1, 0.15) is 0 Å². The molecule has 1 fully saturated rings. The summed E-state index contributed by atoms with van der Waals surface area (Å²) in [6.07, 6.45) is 0.486. The first-order valence-electron chi connectivity index (χ1n) is 6.72. The van der Waals surface area contributed by atoms with E-state index in [1.807, 2.05) is 18.2 Å². The van der Waals surface area contributed by atoms with Gasteiger partial charge in [-0.1, -0.05) is 12.1 Å². The van der Waals surface area contributed by atoms with Crippen LogP contribution in [0.15, 0.2) is 36.4 Å². The maximum Gasteiger partial charge on any atom is 0.335 e. The Labute approximate surface area is 126 Å². The zero-order valence-corrected chi connectivity index (χ0v) is 12.0. The van der Waals surface area contributed by atoms with E-state index < -0.39 is 5.97 Å². The van der Waals surface area contributed by atoms with Crippen LogP contribution < -0.4 is 4.90 Å². The van der Waals surface area contributed by atoms with E-state index in [0.717, 1.165) is 16.5 Å². The Kier molecular flexibility index (Phi) is 3.55. The van der Waals surface area contributed by atoms with Gasteiger partial charge >= 0.3 is 5.97 Å². The van der Waals surface area contributed by atoms with E-state index in [4.69, 9.17) is 16.7 Å². The Morgan fingerprint density at radius 3 is 2.62 bits per heavy atom. The summed E-state index contributed by atoms with van der Waals surface area (Å²) in [5, 5.41) is 10.8. The van der Waals surface area contributed by atoms with E-state index in [1.54, 1.807) is 23.1 Å². The molecular formula is C16H14ClNO3. The first-order chi connectivity index (χ1) is 10.1. The van der Waals surface area contributed by atoms with Crippen molar-refractivity contribution >= 4 is 39.9 Å². The van der Waals surface area contributed by atoms with Crippen LogP contribution in [-0.4, -0.2) is 29.4 Å². The molecule has 0 saturated carbocycles. The Balaban J connectivity index is 1.96. The predicted molar refractivity (Wildman–Crippen MR) is 82.1 cm³/mol. The van der Waals surface area contributed by atoms with Gasteiger partial charge in [-0.3, -0.25) is 4.79 Å². The van der Waals surface area contributed by atoms with E-state index in [1.165, 1.54) is 0 Å². The largest absolute Gasteiger partial charge is 0.478 e. The molecule has 0 bridgehead atoms. The average molecular weight is 304 g/mol. The number of hydrogen-bond acceptors (Lipinski definition) is 2.